The highest BCUT2D eigenvalue weighted by molar-refractivity contribution is 7.98. The summed E-state index contributed by atoms with van der Waals surface area (Å²) in [5.74, 6) is 0.269. The zero-order chi connectivity index (χ0) is 17.6. The van der Waals surface area contributed by atoms with E-state index in [-0.39, 0.29) is 11.5 Å². The van der Waals surface area contributed by atoms with Crippen LogP contribution in [-0.4, -0.2) is 27.4 Å². The monoisotopic (exact) mass is 367 g/mol. The van der Waals surface area contributed by atoms with E-state index >= 15 is 0 Å². The average Bonchev–Trinajstić information content (AvgIpc) is 2.94. The third-order valence-corrected chi connectivity index (χ3v) is 4.61. The topological polar surface area (TPSA) is 60.0 Å². The van der Waals surface area contributed by atoms with Gasteiger partial charge in [0.15, 0.2) is 16.7 Å². The van der Waals surface area contributed by atoms with Crippen LogP contribution in [0.25, 0.3) is 11.0 Å². The maximum atomic E-state index is 13.3. The third kappa shape index (κ3) is 2.99. The van der Waals surface area contributed by atoms with E-state index in [0.29, 0.717) is 21.9 Å². The normalized spacial score (nSPS) is 18.5. The third-order valence-electron chi connectivity index (χ3n) is 3.73. The SMILES string of the molecule is Cc1cccnc1CSc1nc2cc3c(cc2[nH]1)OC(F)C(F)(F)O3. The number of nitrogens with one attached hydrogen (secondary N) is 1. The van der Waals surface area contributed by atoms with Crippen molar-refractivity contribution in [3.8, 4) is 11.5 Å². The van der Waals surface area contributed by atoms with E-state index in [0.717, 1.165) is 11.3 Å². The Balaban J connectivity index is 1.60. The molecule has 1 aliphatic rings. The molecule has 0 bridgehead atoms. The molecule has 1 aliphatic heterocycles. The van der Waals surface area contributed by atoms with Gasteiger partial charge < -0.3 is 14.5 Å². The van der Waals surface area contributed by atoms with Crippen LogP contribution in [0.15, 0.2) is 35.6 Å². The van der Waals surface area contributed by atoms with Crippen molar-refractivity contribution in [2.75, 3.05) is 0 Å². The van der Waals surface area contributed by atoms with Gasteiger partial charge in [-0.25, -0.2) is 4.98 Å². The van der Waals surface area contributed by atoms with Crippen LogP contribution < -0.4 is 9.47 Å². The average molecular weight is 367 g/mol. The molecule has 1 unspecified atom stereocenters. The number of imidazole rings is 1. The van der Waals surface area contributed by atoms with Gasteiger partial charge in [-0.15, -0.1) is 0 Å². The first kappa shape index (κ1) is 16.1. The second-order valence-corrected chi connectivity index (χ2v) is 6.48. The van der Waals surface area contributed by atoms with Gasteiger partial charge in [0.1, 0.15) is 0 Å². The summed E-state index contributed by atoms with van der Waals surface area (Å²) in [4.78, 5) is 11.7. The molecule has 1 aromatic carbocycles. The molecule has 1 N–H and O–H groups in total. The fourth-order valence-electron chi connectivity index (χ4n) is 2.41. The van der Waals surface area contributed by atoms with Gasteiger partial charge in [0.05, 0.1) is 16.7 Å². The van der Waals surface area contributed by atoms with Crippen LogP contribution in [0.2, 0.25) is 0 Å². The van der Waals surface area contributed by atoms with Crippen LogP contribution >= 0.6 is 11.8 Å². The summed E-state index contributed by atoms with van der Waals surface area (Å²) in [5.41, 5.74) is 2.97. The molecule has 0 aliphatic carbocycles. The number of aromatic nitrogens is 3. The summed E-state index contributed by atoms with van der Waals surface area (Å²) < 4.78 is 48.8. The van der Waals surface area contributed by atoms with E-state index < -0.39 is 12.5 Å². The van der Waals surface area contributed by atoms with Gasteiger partial charge >= 0.3 is 12.5 Å². The smallest absolute Gasteiger partial charge is 0.447 e. The van der Waals surface area contributed by atoms with E-state index in [1.807, 2.05) is 19.1 Å². The summed E-state index contributed by atoms with van der Waals surface area (Å²) >= 11 is 1.42. The molecule has 3 aromatic rings. The van der Waals surface area contributed by atoms with Gasteiger partial charge in [-0.2, -0.15) is 13.2 Å². The lowest BCUT2D eigenvalue weighted by atomic mass is 10.2. The zero-order valence-corrected chi connectivity index (χ0v) is 13.7. The fourth-order valence-corrected chi connectivity index (χ4v) is 3.33. The molecular formula is C16H12F3N3O2S. The number of alkyl halides is 3. The number of hydrogen-bond acceptors (Lipinski definition) is 5. The van der Waals surface area contributed by atoms with Crippen LogP contribution in [0.3, 0.4) is 0 Å². The summed E-state index contributed by atoms with van der Waals surface area (Å²) in [6.07, 6.45) is -5.15. The number of thioether (sulfide) groups is 1. The second kappa shape index (κ2) is 5.83. The number of H-pyrrole nitrogens is 1. The lowest BCUT2D eigenvalue weighted by molar-refractivity contribution is -0.281. The number of hydrogen-bond donors (Lipinski definition) is 1. The Morgan fingerprint density at radius 1 is 1.32 bits per heavy atom. The molecule has 0 amide bonds. The Morgan fingerprint density at radius 3 is 2.96 bits per heavy atom. The van der Waals surface area contributed by atoms with Crippen molar-refractivity contribution in [3.05, 3.63) is 41.7 Å². The maximum absolute atomic E-state index is 13.3. The summed E-state index contributed by atoms with van der Waals surface area (Å²) in [7, 11) is 0. The first-order valence-corrected chi connectivity index (χ1v) is 8.35. The number of rotatable bonds is 3. The van der Waals surface area contributed by atoms with Crippen LogP contribution in [-0.2, 0) is 5.75 Å². The van der Waals surface area contributed by atoms with Crippen LogP contribution in [0.1, 0.15) is 11.3 Å². The number of halogens is 3. The summed E-state index contributed by atoms with van der Waals surface area (Å²) in [6, 6.07) is 6.54. The molecule has 3 heterocycles. The Hall–Kier alpha value is -2.42. The molecule has 1 atom stereocenters. The van der Waals surface area contributed by atoms with E-state index in [1.54, 1.807) is 6.20 Å². The quantitative estimate of drug-likeness (QED) is 0.703. The van der Waals surface area contributed by atoms with Crippen molar-refractivity contribution in [2.45, 2.75) is 30.3 Å². The highest BCUT2D eigenvalue weighted by Gasteiger charge is 2.49. The number of aryl methyl sites for hydroxylation is 1. The number of ether oxygens (including phenoxy) is 2. The zero-order valence-electron chi connectivity index (χ0n) is 12.9. The van der Waals surface area contributed by atoms with Gasteiger partial charge in [-0.1, -0.05) is 17.8 Å². The van der Waals surface area contributed by atoms with Gasteiger partial charge in [-0.3, -0.25) is 4.98 Å². The number of nitrogens with zero attached hydrogens (tertiary/aromatic N) is 2. The Bertz CT molecular complexity index is 948. The fraction of sp³-hybridized carbons (Fsp3) is 0.250. The predicted octanol–water partition coefficient (Wildman–Crippen LogP) is 4.22. The van der Waals surface area contributed by atoms with E-state index in [4.69, 9.17) is 0 Å². The maximum Gasteiger partial charge on any atom is 0.468 e. The molecule has 9 heteroatoms. The molecule has 25 heavy (non-hydrogen) atoms. The summed E-state index contributed by atoms with van der Waals surface area (Å²) in [6.45, 7) is 1.97. The van der Waals surface area contributed by atoms with Crippen molar-refractivity contribution in [1.29, 1.82) is 0 Å². The lowest BCUT2D eigenvalue weighted by Gasteiger charge is -2.28. The molecule has 2 aromatic heterocycles. The molecule has 0 fully saturated rings. The van der Waals surface area contributed by atoms with E-state index in [9.17, 15) is 13.2 Å². The molecule has 4 rings (SSSR count). The van der Waals surface area contributed by atoms with Gasteiger partial charge in [0.2, 0.25) is 0 Å². The van der Waals surface area contributed by atoms with Gasteiger partial charge in [0.25, 0.3) is 0 Å². The van der Waals surface area contributed by atoms with E-state index in [2.05, 4.69) is 24.4 Å². The van der Waals surface area contributed by atoms with Gasteiger partial charge in [0, 0.05) is 24.1 Å². The predicted molar refractivity (Wildman–Crippen MR) is 85.7 cm³/mol. The van der Waals surface area contributed by atoms with Crippen molar-refractivity contribution in [2.24, 2.45) is 0 Å². The molecule has 5 nitrogen and oxygen atoms in total. The lowest BCUT2D eigenvalue weighted by Crippen LogP contribution is -2.43. The van der Waals surface area contributed by atoms with Crippen molar-refractivity contribution in [3.63, 3.8) is 0 Å². The highest BCUT2D eigenvalue weighted by Crippen LogP contribution is 2.42. The molecular weight excluding hydrogens is 355 g/mol. The van der Waals surface area contributed by atoms with E-state index in [1.165, 1.54) is 23.9 Å². The van der Waals surface area contributed by atoms with Crippen LogP contribution in [0.4, 0.5) is 13.2 Å². The van der Waals surface area contributed by atoms with Crippen molar-refractivity contribution in [1.82, 2.24) is 15.0 Å². The first-order chi connectivity index (χ1) is 11.9. The van der Waals surface area contributed by atoms with Crippen LogP contribution in [0, 0.1) is 6.92 Å². The minimum absolute atomic E-state index is 0.0910. The van der Waals surface area contributed by atoms with Gasteiger partial charge in [-0.05, 0) is 18.6 Å². The number of aromatic amines is 1. The molecule has 0 saturated carbocycles. The minimum atomic E-state index is -4.02. The second-order valence-electron chi connectivity index (χ2n) is 5.51. The highest BCUT2D eigenvalue weighted by atomic mass is 32.2. The van der Waals surface area contributed by atoms with Crippen molar-refractivity contribution < 1.29 is 22.6 Å². The first-order valence-electron chi connectivity index (χ1n) is 7.37. The van der Waals surface area contributed by atoms with Crippen molar-refractivity contribution >= 4 is 22.8 Å². The summed E-state index contributed by atoms with van der Waals surface area (Å²) in [5, 5.41) is 0.589. The number of benzene rings is 1. The number of pyridine rings is 1. The largest absolute Gasteiger partial charge is 0.468 e. The Kier molecular flexibility index (Phi) is 3.75. The molecule has 0 saturated heterocycles. The standard InChI is InChI=1S/C16H12F3N3O2S/c1-8-3-2-4-20-11(8)7-25-15-21-9-5-12-13(6-10(9)22-15)24-16(18,19)14(17)23-12/h2-6,14H,7H2,1H3,(H,21,22). The number of fused-ring (bicyclic) bond motifs is 2. The Labute approximate surface area is 144 Å². The minimum Gasteiger partial charge on any atom is -0.447 e. The molecule has 130 valence electrons. The molecule has 0 radical (unpaired) electrons. The Morgan fingerprint density at radius 2 is 2.16 bits per heavy atom. The van der Waals surface area contributed by atoms with Crippen LogP contribution in [0.5, 0.6) is 11.5 Å². The molecule has 0 spiro atoms.